The number of para-hydroxylation sites is 1. The van der Waals surface area contributed by atoms with Crippen molar-refractivity contribution in [3.8, 4) is 0 Å². The summed E-state index contributed by atoms with van der Waals surface area (Å²) in [7, 11) is 1.16. The zero-order valence-corrected chi connectivity index (χ0v) is 12.5. The third kappa shape index (κ3) is 1.98. The molecule has 0 unspecified atom stereocenters. The van der Waals surface area contributed by atoms with Gasteiger partial charge in [0.2, 0.25) is 0 Å². The molecule has 2 aliphatic rings. The largest absolute Gasteiger partial charge is 0.468 e. The summed E-state index contributed by atoms with van der Waals surface area (Å²) in [5.74, 6) is -3.55. The highest BCUT2D eigenvalue weighted by Crippen LogP contribution is 2.48. The quantitative estimate of drug-likeness (QED) is 0.817. The molecule has 1 N–H and O–H groups in total. The van der Waals surface area contributed by atoms with E-state index >= 15 is 0 Å². The van der Waals surface area contributed by atoms with Crippen LogP contribution in [0.1, 0.15) is 12.5 Å². The average molecular weight is 318 g/mol. The molecule has 2 aliphatic heterocycles. The first kappa shape index (κ1) is 15.0. The summed E-state index contributed by atoms with van der Waals surface area (Å²) in [6.45, 7) is 1.72. The van der Waals surface area contributed by atoms with Gasteiger partial charge in [-0.15, -0.1) is 0 Å². The molecule has 1 spiro atoms. The lowest BCUT2D eigenvalue weighted by Gasteiger charge is -2.24. The van der Waals surface area contributed by atoms with E-state index in [4.69, 9.17) is 14.3 Å². The van der Waals surface area contributed by atoms with Gasteiger partial charge in [0.15, 0.2) is 11.6 Å². The zero-order valence-electron chi connectivity index (χ0n) is 12.5. The maximum Gasteiger partial charge on any atom is 0.357 e. The van der Waals surface area contributed by atoms with Gasteiger partial charge in [0.25, 0.3) is 11.5 Å². The van der Waals surface area contributed by atoms with E-state index in [1.54, 1.807) is 31.2 Å². The number of oxime groups is 1. The first-order valence-electron chi connectivity index (χ1n) is 6.98. The summed E-state index contributed by atoms with van der Waals surface area (Å²) in [6, 6.07) is 6.73. The summed E-state index contributed by atoms with van der Waals surface area (Å²) in [5.41, 5.74) is -1.13. The minimum Gasteiger partial charge on any atom is -0.468 e. The Kier molecular flexibility index (Phi) is 3.51. The van der Waals surface area contributed by atoms with Crippen LogP contribution in [0.3, 0.4) is 0 Å². The first-order chi connectivity index (χ1) is 11.1. The molecule has 0 saturated carbocycles. The number of nitrogens with zero attached hydrogens (tertiary/aromatic N) is 1. The van der Waals surface area contributed by atoms with E-state index in [0.29, 0.717) is 11.3 Å². The summed E-state index contributed by atoms with van der Waals surface area (Å²) in [4.78, 5) is 42.2. The van der Waals surface area contributed by atoms with E-state index in [0.717, 1.165) is 7.11 Å². The van der Waals surface area contributed by atoms with Gasteiger partial charge in [-0.1, -0.05) is 23.4 Å². The maximum atomic E-state index is 12.5. The van der Waals surface area contributed by atoms with Gasteiger partial charge in [-0.2, -0.15) is 0 Å². The predicted molar refractivity (Wildman–Crippen MR) is 77.4 cm³/mol. The van der Waals surface area contributed by atoms with Gasteiger partial charge in [-0.05, 0) is 13.0 Å². The number of fused-ring (bicyclic) bond motifs is 2. The first-order valence-corrected chi connectivity index (χ1v) is 6.98. The number of nitrogens with one attached hydrogen (secondary N) is 1. The molecule has 0 bridgehead atoms. The monoisotopic (exact) mass is 318 g/mol. The van der Waals surface area contributed by atoms with Gasteiger partial charge in [-0.25, -0.2) is 4.79 Å². The van der Waals surface area contributed by atoms with Gasteiger partial charge in [0, 0.05) is 11.3 Å². The molecule has 0 radical (unpaired) electrons. The van der Waals surface area contributed by atoms with Crippen molar-refractivity contribution in [3.05, 3.63) is 29.8 Å². The SMILES string of the molecule is CCOC(=O)C1=NO[C@@]2(C(=O)Nc3ccccc32)[C@@H]1C(=O)OC. The van der Waals surface area contributed by atoms with Gasteiger partial charge in [-0.3, -0.25) is 9.59 Å². The number of esters is 2. The molecule has 0 fully saturated rings. The molecular weight excluding hydrogens is 304 g/mol. The number of carbonyl (C=O) groups is 3. The fourth-order valence-electron chi connectivity index (χ4n) is 2.81. The van der Waals surface area contributed by atoms with Crippen molar-refractivity contribution in [2.75, 3.05) is 19.0 Å². The number of ether oxygens (including phenoxy) is 2. The zero-order chi connectivity index (χ0) is 16.6. The molecule has 2 atom stereocenters. The van der Waals surface area contributed by atoms with Gasteiger partial charge >= 0.3 is 11.9 Å². The second-order valence-electron chi connectivity index (χ2n) is 4.98. The Morgan fingerprint density at radius 3 is 2.83 bits per heavy atom. The van der Waals surface area contributed by atoms with Crippen molar-refractivity contribution in [1.29, 1.82) is 0 Å². The Morgan fingerprint density at radius 2 is 2.13 bits per heavy atom. The third-order valence-electron chi connectivity index (χ3n) is 3.80. The summed E-state index contributed by atoms with van der Waals surface area (Å²) in [6.07, 6.45) is 0. The molecule has 120 valence electrons. The molecular formula is C15H14N2O6. The lowest BCUT2D eigenvalue weighted by molar-refractivity contribution is -0.160. The van der Waals surface area contributed by atoms with E-state index in [1.165, 1.54) is 0 Å². The number of benzene rings is 1. The molecule has 23 heavy (non-hydrogen) atoms. The Bertz CT molecular complexity index is 728. The smallest absolute Gasteiger partial charge is 0.357 e. The van der Waals surface area contributed by atoms with E-state index in [9.17, 15) is 14.4 Å². The van der Waals surface area contributed by atoms with Crippen LogP contribution in [-0.4, -0.2) is 37.3 Å². The van der Waals surface area contributed by atoms with Crippen molar-refractivity contribution in [2.24, 2.45) is 11.1 Å². The second-order valence-corrected chi connectivity index (χ2v) is 4.98. The second kappa shape index (κ2) is 5.38. The summed E-state index contributed by atoms with van der Waals surface area (Å²) < 4.78 is 9.64. The minimum atomic E-state index is -1.76. The third-order valence-corrected chi connectivity index (χ3v) is 3.80. The highest BCUT2D eigenvalue weighted by Gasteiger charge is 2.65. The van der Waals surface area contributed by atoms with Gasteiger partial charge < -0.3 is 19.6 Å². The number of hydrogen-bond acceptors (Lipinski definition) is 7. The van der Waals surface area contributed by atoms with Crippen LogP contribution >= 0.6 is 0 Å². The van der Waals surface area contributed by atoms with E-state index in [1.807, 2.05) is 0 Å². The molecule has 0 aromatic heterocycles. The van der Waals surface area contributed by atoms with Crippen molar-refractivity contribution in [3.63, 3.8) is 0 Å². The van der Waals surface area contributed by atoms with Gasteiger partial charge in [0.1, 0.15) is 0 Å². The Morgan fingerprint density at radius 1 is 1.39 bits per heavy atom. The van der Waals surface area contributed by atoms with Crippen LogP contribution in [0.2, 0.25) is 0 Å². The van der Waals surface area contributed by atoms with Crippen LogP contribution in [0.25, 0.3) is 0 Å². The number of rotatable bonds is 3. The van der Waals surface area contributed by atoms with Crippen LogP contribution in [0, 0.1) is 5.92 Å². The normalized spacial score (nSPS) is 24.5. The molecule has 1 aromatic carbocycles. The van der Waals surface area contributed by atoms with Crippen LogP contribution in [0.4, 0.5) is 5.69 Å². The molecule has 3 rings (SSSR count). The molecule has 0 aliphatic carbocycles. The van der Waals surface area contributed by atoms with Crippen LogP contribution in [0.15, 0.2) is 29.4 Å². The fraction of sp³-hybridized carbons (Fsp3) is 0.333. The lowest BCUT2D eigenvalue weighted by Crippen LogP contribution is -2.48. The van der Waals surface area contributed by atoms with Crippen molar-refractivity contribution in [2.45, 2.75) is 12.5 Å². The lowest BCUT2D eigenvalue weighted by atomic mass is 9.80. The molecule has 8 heteroatoms. The standard InChI is InChI=1S/C15H14N2O6/c1-3-22-13(19)11-10(12(18)21-2)15(23-17-11)8-6-4-5-7-9(8)16-14(15)20/h4-7,10H,3H2,1-2H3,(H,16,20)/t10-,15+/m0/s1. The van der Waals surface area contributed by atoms with Crippen LogP contribution in [0.5, 0.6) is 0 Å². The van der Waals surface area contributed by atoms with Crippen molar-refractivity contribution < 1.29 is 28.7 Å². The minimum absolute atomic E-state index is 0.0987. The van der Waals surface area contributed by atoms with Crippen LogP contribution in [-0.2, 0) is 34.3 Å². The fourth-order valence-corrected chi connectivity index (χ4v) is 2.81. The van der Waals surface area contributed by atoms with E-state index in [-0.39, 0.29) is 12.3 Å². The number of anilines is 1. The average Bonchev–Trinajstić information content (AvgIpc) is 3.08. The van der Waals surface area contributed by atoms with E-state index < -0.39 is 29.4 Å². The number of amides is 1. The van der Waals surface area contributed by atoms with Gasteiger partial charge in [0.05, 0.1) is 13.7 Å². The van der Waals surface area contributed by atoms with Crippen molar-refractivity contribution >= 4 is 29.2 Å². The topological polar surface area (TPSA) is 103 Å². The molecule has 8 nitrogen and oxygen atoms in total. The summed E-state index contributed by atoms with van der Waals surface area (Å²) >= 11 is 0. The van der Waals surface area contributed by atoms with E-state index in [2.05, 4.69) is 10.5 Å². The maximum absolute atomic E-state index is 12.5. The van der Waals surface area contributed by atoms with Crippen molar-refractivity contribution in [1.82, 2.24) is 0 Å². The highest BCUT2D eigenvalue weighted by atomic mass is 16.7. The Labute approximate surface area is 131 Å². The number of carbonyl (C=O) groups excluding carboxylic acids is 3. The number of hydrogen-bond donors (Lipinski definition) is 1. The molecule has 1 aromatic rings. The predicted octanol–water partition coefficient (Wildman–Crippen LogP) is 0.572. The molecule has 2 heterocycles. The molecule has 1 amide bonds. The summed E-state index contributed by atoms with van der Waals surface area (Å²) in [5, 5.41) is 6.30. The molecule has 0 saturated heterocycles. The highest BCUT2D eigenvalue weighted by molar-refractivity contribution is 6.42. The Hall–Kier alpha value is -2.90. The number of methoxy groups -OCH3 is 1. The van der Waals surface area contributed by atoms with Crippen LogP contribution < -0.4 is 5.32 Å². The Balaban J connectivity index is 2.12.